The Bertz CT molecular complexity index is 463. The summed E-state index contributed by atoms with van der Waals surface area (Å²) in [5.41, 5.74) is -0.496. The molecule has 0 saturated heterocycles. The predicted octanol–water partition coefficient (Wildman–Crippen LogP) is 0.0153. The molecule has 1 aromatic heterocycles. The van der Waals surface area contributed by atoms with Crippen LogP contribution in [0.15, 0.2) is 28.2 Å². The number of hydrogen-bond acceptors (Lipinski definition) is 3. The Morgan fingerprint density at radius 1 is 1.50 bits per heavy atom. The van der Waals surface area contributed by atoms with Crippen molar-refractivity contribution in [2.24, 2.45) is 0 Å². The van der Waals surface area contributed by atoms with Gasteiger partial charge in [0, 0.05) is 32.1 Å². The number of H-pyrrole nitrogens is 1. The van der Waals surface area contributed by atoms with Gasteiger partial charge in [0.15, 0.2) is 0 Å². The summed E-state index contributed by atoms with van der Waals surface area (Å²) in [6.45, 7) is 2.03. The van der Waals surface area contributed by atoms with Crippen LogP contribution in [-0.4, -0.2) is 31.3 Å². The van der Waals surface area contributed by atoms with Gasteiger partial charge in [0.25, 0.3) is 0 Å². The maximum Gasteiger partial charge on any atom is 0.248 e. The molecular formula is C8H12N2O3S. The zero-order valence-corrected chi connectivity index (χ0v) is 8.84. The van der Waals surface area contributed by atoms with Gasteiger partial charge in [-0.3, -0.25) is 4.79 Å². The second kappa shape index (κ2) is 3.93. The van der Waals surface area contributed by atoms with Crippen LogP contribution in [-0.2, 0) is 10.0 Å². The summed E-state index contributed by atoms with van der Waals surface area (Å²) in [5.74, 6) is 0. The zero-order chi connectivity index (χ0) is 10.8. The second-order valence-corrected chi connectivity index (χ2v) is 4.81. The molecule has 0 aromatic carbocycles. The summed E-state index contributed by atoms with van der Waals surface area (Å²) in [7, 11) is -2.20. The fraction of sp³-hybridized carbons (Fsp3) is 0.375. The SMILES string of the molecule is CCN(C)S(=O)(=O)c1c[nH]ccc1=O. The molecule has 14 heavy (non-hydrogen) atoms. The van der Waals surface area contributed by atoms with E-state index in [0.29, 0.717) is 6.54 Å². The first-order chi connectivity index (χ1) is 6.50. The molecule has 0 aliphatic heterocycles. The normalized spacial score (nSPS) is 11.9. The lowest BCUT2D eigenvalue weighted by Crippen LogP contribution is -2.30. The van der Waals surface area contributed by atoms with Crippen LogP contribution in [0.1, 0.15) is 6.92 Å². The molecule has 0 fully saturated rings. The largest absolute Gasteiger partial charge is 0.366 e. The van der Waals surface area contributed by atoms with Crippen molar-refractivity contribution in [1.82, 2.24) is 9.29 Å². The van der Waals surface area contributed by atoms with Crippen LogP contribution < -0.4 is 5.43 Å². The maximum atomic E-state index is 11.7. The number of sulfonamides is 1. The van der Waals surface area contributed by atoms with E-state index in [2.05, 4.69) is 4.98 Å². The first-order valence-electron chi connectivity index (χ1n) is 4.13. The van der Waals surface area contributed by atoms with E-state index in [0.717, 1.165) is 4.31 Å². The van der Waals surface area contributed by atoms with E-state index in [9.17, 15) is 13.2 Å². The van der Waals surface area contributed by atoms with Gasteiger partial charge in [0.1, 0.15) is 4.90 Å². The van der Waals surface area contributed by atoms with Crippen LogP contribution >= 0.6 is 0 Å². The average Bonchev–Trinajstić information content (AvgIpc) is 2.17. The van der Waals surface area contributed by atoms with Crippen LogP contribution in [0.5, 0.6) is 0 Å². The fourth-order valence-electron chi connectivity index (χ4n) is 0.940. The van der Waals surface area contributed by atoms with Crippen LogP contribution in [0.2, 0.25) is 0 Å². The van der Waals surface area contributed by atoms with E-state index in [1.165, 1.54) is 25.5 Å². The van der Waals surface area contributed by atoms with E-state index >= 15 is 0 Å². The van der Waals surface area contributed by atoms with Crippen molar-refractivity contribution in [2.45, 2.75) is 11.8 Å². The minimum absolute atomic E-state index is 0.218. The molecular weight excluding hydrogens is 204 g/mol. The summed E-state index contributed by atoms with van der Waals surface area (Å²) in [4.78, 5) is 13.6. The molecule has 0 aliphatic rings. The molecule has 0 spiro atoms. The number of pyridine rings is 1. The Kier molecular flexibility index (Phi) is 3.07. The number of aromatic nitrogens is 1. The van der Waals surface area contributed by atoms with Crippen molar-refractivity contribution in [3.05, 3.63) is 28.7 Å². The third kappa shape index (κ3) is 1.85. The highest BCUT2D eigenvalue weighted by atomic mass is 32.2. The Morgan fingerprint density at radius 3 is 2.64 bits per heavy atom. The minimum Gasteiger partial charge on any atom is -0.366 e. The Labute approximate surface area is 82.4 Å². The molecule has 0 radical (unpaired) electrons. The van der Waals surface area contributed by atoms with Gasteiger partial charge in [-0.15, -0.1) is 0 Å². The van der Waals surface area contributed by atoms with E-state index in [1.54, 1.807) is 6.92 Å². The van der Waals surface area contributed by atoms with Gasteiger partial charge >= 0.3 is 0 Å². The summed E-state index contributed by atoms with van der Waals surface area (Å²) >= 11 is 0. The van der Waals surface area contributed by atoms with Crippen molar-refractivity contribution in [3.8, 4) is 0 Å². The molecule has 1 heterocycles. The lowest BCUT2D eigenvalue weighted by atomic mass is 10.5. The molecule has 0 atom stereocenters. The first-order valence-corrected chi connectivity index (χ1v) is 5.57. The monoisotopic (exact) mass is 216 g/mol. The third-order valence-corrected chi connectivity index (χ3v) is 3.88. The van der Waals surface area contributed by atoms with Crippen molar-refractivity contribution in [3.63, 3.8) is 0 Å². The first kappa shape index (κ1) is 10.9. The molecule has 0 saturated carbocycles. The Hall–Kier alpha value is -1.14. The van der Waals surface area contributed by atoms with Crippen LogP contribution in [0.3, 0.4) is 0 Å². The zero-order valence-electron chi connectivity index (χ0n) is 8.02. The molecule has 6 heteroatoms. The second-order valence-electron chi connectivity index (χ2n) is 2.79. The molecule has 1 N–H and O–H groups in total. The van der Waals surface area contributed by atoms with Crippen molar-refractivity contribution in [2.75, 3.05) is 13.6 Å². The fourth-order valence-corrected chi connectivity index (χ4v) is 2.16. The topological polar surface area (TPSA) is 70.2 Å². The molecule has 0 aliphatic carbocycles. The summed E-state index contributed by atoms with van der Waals surface area (Å²) in [6.07, 6.45) is 2.59. The van der Waals surface area contributed by atoms with Crippen LogP contribution in [0, 0.1) is 0 Å². The lowest BCUT2D eigenvalue weighted by molar-refractivity contribution is 0.485. The molecule has 1 rings (SSSR count). The molecule has 0 bridgehead atoms. The number of nitrogens with zero attached hydrogens (tertiary/aromatic N) is 1. The quantitative estimate of drug-likeness (QED) is 0.774. The number of nitrogens with one attached hydrogen (secondary N) is 1. The molecule has 1 aromatic rings. The van der Waals surface area contributed by atoms with Gasteiger partial charge in [0.05, 0.1) is 0 Å². The van der Waals surface area contributed by atoms with E-state index in [4.69, 9.17) is 0 Å². The Balaban J connectivity index is 3.32. The number of aromatic amines is 1. The van der Waals surface area contributed by atoms with Crippen molar-refractivity contribution >= 4 is 10.0 Å². The van der Waals surface area contributed by atoms with Crippen molar-refractivity contribution in [1.29, 1.82) is 0 Å². The highest BCUT2D eigenvalue weighted by Crippen LogP contribution is 2.07. The van der Waals surface area contributed by atoms with Crippen LogP contribution in [0.25, 0.3) is 0 Å². The van der Waals surface area contributed by atoms with E-state index in [-0.39, 0.29) is 4.90 Å². The Morgan fingerprint density at radius 2 is 2.14 bits per heavy atom. The molecule has 5 nitrogen and oxygen atoms in total. The van der Waals surface area contributed by atoms with Crippen molar-refractivity contribution < 1.29 is 8.42 Å². The maximum absolute atomic E-state index is 11.7. The molecule has 0 amide bonds. The number of rotatable bonds is 3. The van der Waals surface area contributed by atoms with Gasteiger partial charge < -0.3 is 4.98 Å². The van der Waals surface area contributed by atoms with E-state index < -0.39 is 15.5 Å². The summed E-state index contributed by atoms with van der Waals surface area (Å²) < 4.78 is 24.5. The lowest BCUT2D eigenvalue weighted by Gasteiger charge is -2.13. The predicted molar refractivity (Wildman–Crippen MR) is 52.6 cm³/mol. The van der Waals surface area contributed by atoms with E-state index in [1.807, 2.05) is 0 Å². The third-order valence-electron chi connectivity index (χ3n) is 1.92. The van der Waals surface area contributed by atoms with Gasteiger partial charge in [-0.05, 0) is 0 Å². The number of hydrogen-bond donors (Lipinski definition) is 1. The molecule has 78 valence electrons. The summed E-state index contributed by atoms with van der Waals surface area (Å²) in [6, 6.07) is 1.19. The average molecular weight is 216 g/mol. The van der Waals surface area contributed by atoms with Gasteiger partial charge in [-0.2, -0.15) is 0 Å². The smallest absolute Gasteiger partial charge is 0.248 e. The highest BCUT2D eigenvalue weighted by molar-refractivity contribution is 7.89. The standard InChI is InChI=1S/C8H12N2O3S/c1-3-10(2)14(12,13)8-6-9-5-4-7(8)11/h4-6H,3H2,1-2H3,(H,9,11). The highest BCUT2D eigenvalue weighted by Gasteiger charge is 2.21. The summed E-state index contributed by atoms with van der Waals surface area (Å²) in [5, 5.41) is 0. The minimum atomic E-state index is -3.63. The van der Waals surface area contributed by atoms with Crippen LogP contribution in [0.4, 0.5) is 0 Å². The van der Waals surface area contributed by atoms with Gasteiger partial charge in [0.2, 0.25) is 15.5 Å². The van der Waals surface area contributed by atoms with Gasteiger partial charge in [-0.25, -0.2) is 12.7 Å². The molecule has 0 unspecified atom stereocenters. The van der Waals surface area contributed by atoms with Gasteiger partial charge in [-0.1, -0.05) is 6.92 Å².